The predicted octanol–water partition coefficient (Wildman–Crippen LogP) is 6.72. The van der Waals surface area contributed by atoms with Crippen molar-refractivity contribution >= 4 is 7.25 Å². The first-order valence-corrected chi connectivity index (χ1v) is 9.11. The average molecular weight is 351 g/mol. The number of imidazole rings is 1. The van der Waals surface area contributed by atoms with Gasteiger partial charge in [0.25, 0.3) is 0 Å². The first-order valence-electron chi connectivity index (χ1n) is 9.11. The maximum Gasteiger partial charge on any atom is 0.673 e. The second-order valence-electron chi connectivity index (χ2n) is 6.30. The lowest BCUT2D eigenvalue weighted by Crippen LogP contribution is -2.02. The van der Waals surface area contributed by atoms with E-state index in [-0.39, 0.29) is 0 Å². The van der Waals surface area contributed by atoms with Crippen molar-refractivity contribution in [2.45, 2.75) is 91.5 Å². The molecule has 0 saturated carbocycles. The number of aryl methyl sites for hydroxylation is 3. The maximum atomic E-state index is 9.75. The molecule has 2 nitrogen and oxygen atoms in total. The number of halogens is 4. The molecule has 0 aliphatic rings. The SMILES string of the molecule is CCCCCCCCCCCCn1cc(C)nc1C.F[B-](F)(F)F. The third-order valence-corrected chi connectivity index (χ3v) is 3.85. The van der Waals surface area contributed by atoms with Crippen LogP contribution in [0.2, 0.25) is 0 Å². The van der Waals surface area contributed by atoms with Crippen molar-refractivity contribution in [2.75, 3.05) is 0 Å². The molecule has 0 aliphatic carbocycles. The summed E-state index contributed by atoms with van der Waals surface area (Å²) >= 11 is 0. The summed E-state index contributed by atoms with van der Waals surface area (Å²) in [5.74, 6) is 1.16. The third-order valence-electron chi connectivity index (χ3n) is 3.85. The van der Waals surface area contributed by atoms with Gasteiger partial charge in [0.1, 0.15) is 5.82 Å². The number of unbranched alkanes of at least 4 members (excludes halogenated alkanes) is 9. The van der Waals surface area contributed by atoms with Crippen LogP contribution in [0, 0.1) is 13.8 Å². The van der Waals surface area contributed by atoms with E-state index in [1.165, 1.54) is 64.2 Å². The topological polar surface area (TPSA) is 17.8 Å². The van der Waals surface area contributed by atoms with Crippen molar-refractivity contribution in [1.82, 2.24) is 9.55 Å². The second-order valence-corrected chi connectivity index (χ2v) is 6.30. The van der Waals surface area contributed by atoms with Crippen molar-refractivity contribution in [1.29, 1.82) is 0 Å². The van der Waals surface area contributed by atoms with Gasteiger partial charge in [0.15, 0.2) is 0 Å². The second kappa shape index (κ2) is 13.3. The molecule has 0 N–H and O–H groups in total. The van der Waals surface area contributed by atoms with Crippen LogP contribution in [0.1, 0.15) is 82.7 Å². The Kier molecular flexibility index (Phi) is 12.7. The van der Waals surface area contributed by atoms with Gasteiger partial charge in [0.05, 0.1) is 5.69 Å². The summed E-state index contributed by atoms with van der Waals surface area (Å²) in [5, 5.41) is 0. The monoisotopic (exact) mass is 351 g/mol. The Balaban J connectivity index is 0.000000922. The number of nitrogens with zero attached hydrogens (tertiary/aromatic N) is 2. The van der Waals surface area contributed by atoms with Crippen molar-refractivity contribution < 1.29 is 17.3 Å². The van der Waals surface area contributed by atoms with Gasteiger partial charge in [-0.3, -0.25) is 0 Å². The van der Waals surface area contributed by atoms with E-state index >= 15 is 0 Å². The fourth-order valence-electron chi connectivity index (χ4n) is 2.66. The van der Waals surface area contributed by atoms with E-state index in [4.69, 9.17) is 0 Å². The van der Waals surface area contributed by atoms with Gasteiger partial charge < -0.3 is 21.8 Å². The van der Waals surface area contributed by atoms with E-state index < -0.39 is 7.25 Å². The summed E-state index contributed by atoms with van der Waals surface area (Å²) in [6.45, 7) is 7.60. The average Bonchev–Trinajstić information content (AvgIpc) is 2.77. The van der Waals surface area contributed by atoms with Crippen LogP contribution in [0.25, 0.3) is 0 Å². The van der Waals surface area contributed by atoms with Crippen LogP contribution in [-0.4, -0.2) is 16.8 Å². The lowest BCUT2D eigenvalue weighted by atomic mass is 10.1. The first-order chi connectivity index (χ1) is 11.2. The molecular formula is C17H32BF4N2-. The van der Waals surface area contributed by atoms with Crippen LogP contribution in [0.3, 0.4) is 0 Å². The quantitative estimate of drug-likeness (QED) is 0.246. The van der Waals surface area contributed by atoms with Gasteiger partial charge in [0.2, 0.25) is 0 Å². The Morgan fingerprint density at radius 2 is 1.25 bits per heavy atom. The molecule has 1 aromatic heterocycles. The van der Waals surface area contributed by atoms with E-state index in [1.54, 1.807) is 0 Å². The Morgan fingerprint density at radius 3 is 1.62 bits per heavy atom. The van der Waals surface area contributed by atoms with Crippen molar-refractivity contribution in [3.63, 3.8) is 0 Å². The van der Waals surface area contributed by atoms with Gasteiger partial charge in [-0.1, -0.05) is 64.7 Å². The highest BCUT2D eigenvalue weighted by Crippen LogP contribution is 2.11. The van der Waals surface area contributed by atoms with Crippen LogP contribution in [-0.2, 0) is 6.54 Å². The molecule has 0 radical (unpaired) electrons. The molecule has 0 saturated heterocycles. The predicted molar refractivity (Wildman–Crippen MR) is 93.7 cm³/mol. The van der Waals surface area contributed by atoms with Crippen LogP contribution in [0.15, 0.2) is 6.20 Å². The molecule has 1 rings (SSSR count). The van der Waals surface area contributed by atoms with E-state index in [9.17, 15) is 17.3 Å². The van der Waals surface area contributed by atoms with E-state index in [1.807, 2.05) is 0 Å². The fourth-order valence-corrected chi connectivity index (χ4v) is 2.66. The normalized spacial score (nSPS) is 11.3. The summed E-state index contributed by atoms with van der Waals surface area (Å²) in [6.07, 6.45) is 16.2. The molecule has 1 heterocycles. The first kappa shape index (κ1) is 23.0. The zero-order chi connectivity index (χ0) is 18.4. The Hall–Kier alpha value is -1.01. The largest absolute Gasteiger partial charge is 0.673 e. The Bertz CT molecular complexity index is 413. The lowest BCUT2D eigenvalue weighted by molar-refractivity contribution is 0.368. The molecule has 1 aromatic rings. The molecule has 0 aromatic carbocycles. The minimum atomic E-state index is -6.00. The van der Waals surface area contributed by atoms with Crippen LogP contribution in [0.5, 0.6) is 0 Å². The molecular weight excluding hydrogens is 319 g/mol. The van der Waals surface area contributed by atoms with Gasteiger partial charge in [0, 0.05) is 12.7 Å². The summed E-state index contributed by atoms with van der Waals surface area (Å²) < 4.78 is 41.3. The standard InChI is InChI=1S/C17H32N2.BF4/c1-4-5-6-7-8-9-10-11-12-13-14-19-15-16(2)18-17(19)3;2-1(3,4)5/h15H,4-14H2,1-3H3;/q;-1. The van der Waals surface area contributed by atoms with Gasteiger partial charge in [-0.2, -0.15) is 0 Å². The number of rotatable bonds is 11. The summed E-state index contributed by atoms with van der Waals surface area (Å²) in [7, 11) is -6.00. The fraction of sp³-hybridized carbons (Fsp3) is 0.824. The van der Waals surface area contributed by atoms with E-state index in [0.717, 1.165) is 18.1 Å². The molecule has 0 amide bonds. The van der Waals surface area contributed by atoms with Crippen LogP contribution in [0.4, 0.5) is 17.3 Å². The van der Waals surface area contributed by atoms with E-state index in [2.05, 4.69) is 36.5 Å². The smallest absolute Gasteiger partial charge is 0.418 e. The summed E-state index contributed by atoms with van der Waals surface area (Å²) in [4.78, 5) is 4.44. The zero-order valence-corrected chi connectivity index (χ0v) is 15.3. The molecule has 24 heavy (non-hydrogen) atoms. The molecule has 0 atom stereocenters. The maximum absolute atomic E-state index is 9.75. The molecule has 0 unspecified atom stereocenters. The van der Waals surface area contributed by atoms with Gasteiger partial charge in [-0.05, 0) is 20.3 Å². The summed E-state index contributed by atoms with van der Waals surface area (Å²) in [6, 6.07) is 0. The zero-order valence-electron chi connectivity index (χ0n) is 15.3. The highest BCUT2D eigenvalue weighted by Gasteiger charge is 2.20. The molecule has 142 valence electrons. The Labute approximate surface area is 144 Å². The number of aromatic nitrogens is 2. The minimum Gasteiger partial charge on any atom is -0.418 e. The van der Waals surface area contributed by atoms with Gasteiger partial charge >= 0.3 is 7.25 Å². The van der Waals surface area contributed by atoms with Crippen LogP contribution < -0.4 is 0 Å². The molecule has 7 heteroatoms. The van der Waals surface area contributed by atoms with Crippen molar-refractivity contribution in [3.05, 3.63) is 17.7 Å². The lowest BCUT2D eigenvalue weighted by Gasteiger charge is -2.05. The Morgan fingerprint density at radius 1 is 0.833 bits per heavy atom. The number of hydrogen-bond donors (Lipinski definition) is 0. The highest BCUT2D eigenvalue weighted by molar-refractivity contribution is 6.50. The molecule has 0 aliphatic heterocycles. The summed E-state index contributed by atoms with van der Waals surface area (Å²) in [5.41, 5.74) is 1.14. The molecule has 0 fully saturated rings. The molecule has 0 spiro atoms. The third kappa shape index (κ3) is 15.9. The van der Waals surface area contributed by atoms with Gasteiger partial charge in [-0.15, -0.1) is 0 Å². The van der Waals surface area contributed by atoms with Crippen molar-refractivity contribution in [3.8, 4) is 0 Å². The van der Waals surface area contributed by atoms with Crippen molar-refractivity contribution in [2.24, 2.45) is 0 Å². The number of hydrogen-bond acceptors (Lipinski definition) is 1. The van der Waals surface area contributed by atoms with Gasteiger partial charge in [-0.25, -0.2) is 4.98 Å². The minimum absolute atomic E-state index is 1.14. The van der Waals surface area contributed by atoms with E-state index in [0.29, 0.717) is 0 Å². The van der Waals surface area contributed by atoms with Crippen LogP contribution >= 0.6 is 0 Å². The highest BCUT2D eigenvalue weighted by atomic mass is 19.5. The molecule has 0 bridgehead atoms.